The highest BCUT2D eigenvalue weighted by Crippen LogP contribution is 2.27. The van der Waals surface area contributed by atoms with Crippen LogP contribution >= 0.6 is 0 Å². The number of hydrogen-bond donors (Lipinski definition) is 0. The number of ether oxygens (including phenoxy) is 1. The number of nitrogens with zero attached hydrogens (tertiary/aromatic N) is 1. The molecule has 0 aromatic heterocycles. The smallest absolute Gasteiger partial charge is 0.311 e. The van der Waals surface area contributed by atoms with Crippen LogP contribution in [0.5, 0.6) is 5.75 Å². The Labute approximate surface area is 124 Å². The largest absolute Gasteiger partial charge is 0.419 e. The monoisotopic (exact) mass is 307 g/mol. The lowest BCUT2D eigenvalue weighted by atomic mass is 10.1. The summed E-state index contributed by atoms with van der Waals surface area (Å²) in [5, 5.41) is 10.8. The summed E-state index contributed by atoms with van der Waals surface area (Å²) < 4.78 is 31.3. The number of esters is 1. The van der Waals surface area contributed by atoms with Crippen molar-refractivity contribution in [3.05, 3.63) is 69.8 Å². The van der Waals surface area contributed by atoms with Crippen molar-refractivity contribution in [2.24, 2.45) is 0 Å². The van der Waals surface area contributed by atoms with Gasteiger partial charge in [-0.15, -0.1) is 0 Å². The van der Waals surface area contributed by atoms with Crippen molar-refractivity contribution in [3.8, 4) is 5.75 Å². The Bertz CT molecular complexity index is 718. The molecule has 0 aliphatic rings. The van der Waals surface area contributed by atoms with Gasteiger partial charge in [-0.1, -0.05) is 18.2 Å². The SMILES string of the molecule is O=C(CCc1ccccc1F)Oc1cc(F)ccc1[N+](=O)[O-]. The van der Waals surface area contributed by atoms with Crippen LogP contribution < -0.4 is 4.74 Å². The molecule has 0 amide bonds. The highest BCUT2D eigenvalue weighted by Gasteiger charge is 2.19. The zero-order valence-corrected chi connectivity index (χ0v) is 11.3. The van der Waals surface area contributed by atoms with Crippen molar-refractivity contribution < 1.29 is 23.2 Å². The molecule has 0 radical (unpaired) electrons. The van der Waals surface area contributed by atoms with Gasteiger partial charge >= 0.3 is 11.7 Å². The predicted molar refractivity (Wildman–Crippen MR) is 73.4 cm³/mol. The van der Waals surface area contributed by atoms with Crippen LogP contribution in [0.15, 0.2) is 42.5 Å². The van der Waals surface area contributed by atoms with Crippen LogP contribution in [0.25, 0.3) is 0 Å². The van der Waals surface area contributed by atoms with E-state index in [4.69, 9.17) is 4.74 Å². The maximum absolute atomic E-state index is 13.4. The van der Waals surface area contributed by atoms with E-state index in [1.54, 1.807) is 6.07 Å². The number of hydrogen-bond acceptors (Lipinski definition) is 4. The Morgan fingerprint density at radius 2 is 1.91 bits per heavy atom. The lowest BCUT2D eigenvalue weighted by Gasteiger charge is -2.06. The highest BCUT2D eigenvalue weighted by atomic mass is 19.1. The molecule has 0 aliphatic heterocycles. The number of aryl methyl sites for hydroxylation is 1. The van der Waals surface area contributed by atoms with Gasteiger partial charge in [0.15, 0.2) is 0 Å². The third kappa shape index (κ3) is 3.85. The summed E-state index contributed by atoms with van der Waals surface area (Å²) in [5.74, 6) is -2.49. The molecule has 0 N–H and O–H groups in total. The van der Waals surface area contributed by atoms with Gasteiger partial charge in [0.25, 0.3) is 0 Å². The fourth-order valence-corrected chi connectivity index (χ4v) is 1.83. The first-order valence-corrected chi connectivity index (χ1v) is 6.35. The van der Waals surface area contributed by atoms with Crippen LogP contribution in [0.2, 0.25) is 0 Å². The van der Waals surface area contributed by atoms with E-state index in [1.807, 2.05) is 0 Å². The molecule has 0 aliphatic carbocycles. The Morgan fingerprint density at radius 1 is 1.18 bits per heavy atom. The van der Waals surface area contributed by atoms with Gasteiger partial charge in [0, 0.05) is 12.1 Å². The molecule has 114 valence electrons. The summed E-state index contributed by atoms with van der Waals surface area (Å²) in [6, 6.07) is 8.50. The molecule has 22 heavy (non-hydrogen) atoms. The molecule has 2 aromatic rings. The van der Waals surface area contributed by atoms with Crippen molar-refractivity contribution in [1.29, 1.82) is 0 Å². The van der Waals surface area contributed by atoms with E-state index in [0.717, 1.165) is 18.2 Å². The van der Waals surface area contributed by atoms with Crippen molar-refractivity contribution in [2.75, 3.05) is 0 Å². The molecule has 0 heterocycles. The summed E-state index contributed by atoms with van der Waals surface area (Å²) in [4.78, 5) is 21.7. The molecule has 0 atom stereocenters. The molecule has 2 rings (SSSR count). The quantitative estimate of drug-likeness (QED) is 0.367. The highest BCUT2D eigenvalue weighted by molar-refractivity contribution is 5.74. The third-order valence-corrected chi connectivity index (χ3v) is 2.90. The Kier molecular flexibility index (Phi) is 4.77. The molecule has 2 aromatic carbocycles. The number of nitro groups is 1. The zero-order chi connectivity index (χ0) is 16.1. The van der Waals surface area contributed by atoms with Gasteiger partial charge in [-0.2, -0.15) is 0 Å². The van der Waals surface area contributed by atoms with E-state index < -0.39 is 34.0 Å². The van der Waals surface area contributed by atoms with Gasteiger partial charge < -0.3 is 4.74 Å². The molecule has 0 fully saturated rings. The van der Waals surface area contributed by atoms with Gasteiger partial charge in [-0.3, -0.25) is 14.9 Å². The van der Waals surface area contributed by atoms with Crippen LogP contribution in [-0.4, -0.2) is 10.9 Å². The lowest BCUT2D eigenvalue weighted by molar-refractivity contribution is -0.385. The molecule has 0 saturated heterocycles. The Morgan fingerprint density at radius 3 is 2.59 bits per heavy atom. The van der Waals surface area contributed by atoms with E-state index in [0.29, 0.717) is 5.56 Å². The second-order valence-electron chi connectivity index (χ2n) is 4.43. The van der Waals surface area contributed by atoms with Crippen molar-refractivity contribution >= 4 is 11.7 Å². The molecular formula is C15H11F2NO4. The van der Waals surface area contributed by atoms with Gasteiger partial charge in [0.1, 0.15) is 11.6 Å². The van der Waals surface area contributed by atoms with E-state index in [9.17, 15) is 23.7 Å². The summed E-state index contributed by atoms with van der Waals surface area (Å²) in [6.07, 6.45) is -0.108. The van der Waals surface area contributed by atoms with Gasteiger partial charge in [0.05, 0.1) is 11.3 Å². The van der Waals surface area contributed by atoms with Crippen LogP contribution in [0.3, 0.4) is 0 Å². The number of nitro benzene ring substituents is 1. The molecular weight excluding hydrogens is 296 g/mol. The summed E-state index contributed by atoms with van der Waals surface area (Å²) in [6.45, 7) is 0. The van der Waals surface area contributed by atoms with E-state index in [1.165, 1.54) is 18.2 Å². The standard InChI is InChI=1S/C15H11F2NO4/c16-11-6-7-13(18(20)21)14(9-11)22-15(19)8-5-10-3-1-2-4-12(10)17/h1-4,6-7,9H,5,8H2. The fourth-order valence-electron chi connectivity index (χ4n) is 1.83. The maximum atomic E-state index is 13.4. The second-order valence-corrected chi connectivity index (χ2v) is 4.43. The number of carbonyl (C=O) groups excluding carboxylic acids is 1. The first kappa shape index (κ1) is 15.6. The second kappa shape index (κ2) is 6.75. The van der Waals surface area contributed by atoms with Crippen LogP contribution in [-0.2, 0) is 11.2 Å². The average molecular weight is 307 g/mol. The van der Waals surface area contributed by atoms with E-state index >= 15 is 0 Å². The van der Waals surface area contributed by atoms with Gasteiger partial charge in [0.2, 0.25) is 5.75 Å². The number of benzene rings is 2. The molecule has 5 nitrogen and oxygen atoms in total. The maximum Gasteiger partial charge on any atom is 0.311 e. The predicted octanol–water partition coefficient (Wildman–Crippen LogP) is 3.41. The summed E-state index contributed by atoms with van der Waals surface area (Å²) in [7, 11) is 0. The molecule has 0 spiro atoms. The molecule has 7 heteroatoms. The first-order valence-electron chi connectivity index (χ1n) is 6.35. The lowest BCUT2D eigenvalue weighted by Crippen LogP contribution is -2.11. The average Bonchev–Trinajstić information content (AvgIpc) is 2.46. The molecule has 0 unspecified atom stereocenters. The Balaban J connectivity index is 2.05. The van der Waals surface area contributed by atoms with Crippen molar-refractivity contribution in [3.63, 3.8) is 0 Å². The van der Waals surface area contributed by atoms with Gasteiger partial charge in [-0.25, -0.2) is 8.78 Å². The van der Waals surface area contributed by atoms with Gasteiger partial charge in [-0.05, 0) is 24.1 Å². The summed E-state index contributed by atoms with van der Waals surface area (Å²) in [5.41, 5.74) is -0.186. The minimum Gasteiger partial charge on any atom is -0.419 e. The Hall–Kier alpha value is -2.83. The number of rotatable bonds is 5. The van der Waals surface area contributed by atoms with Crippen LogP contribution in [0, 0.1) is 21.7 Å². The number of halogens is 2. The molecule has 0 saturated carbocycles. The fraction of sp³-hybridized carbons (Fsp3) is 0.133. The first-order chi connectivity index (χ1) is 10.5. The minimum absolute atomic E-state index is 0.0780. The topological polar surface area (TPSA) is 69.4 Å². The van der Waals surface area contributed by atoms with E-state index in [-0.39, 0.29) is 12.8 Å². The summed E-state index contributed by atoms with van der Waals surface area (Å²) >= 11 is 0. The molecule has 0 bridgehead atoms. The normalized spacial score (nSPS) is 10.3. The van der Waals surface area contributed by atoms with Crippen LogP contribution in [0.4, 0.5) is 14.5 Å². The number of carbonyl (C=O) groups is 1. The van der Waals surface area contributed by atoms with Crippen LogP contribution in [0.1, 0.15) is 12.0 Å². The zero-order valence-electron chi connectivity index (χ0n) is 11.3. The minimum atomic E-state index is -0.808. The van der Waals surface area contributed by atoms with Crippen molar-refractivity contribution in [1.82, 2.24) is 0 Å². The van der Waals surface area contributed by atoms with Crippen molar-refractivity contribution in [2.45, 2.75) is 12.8 Å². The van der Waals surface area contributed by atoms with E-state index in [2.05, 4.69) is 0 Å². The third-order valence-electron chi connectivity index (χ3n) is 2.90.